The highest BCUT2D eigenvalue weighted by molar-refractivity contribution is 6.31. The van der Waals surface area contributed by atoms with Gasteiger partial charge in [-0.2, -0.15) is 0 Å². The molecular weight excluding hydrogens is 281 g/mol. The first-order chi connectivity index (χ1) is 8.75. The van der Waals surface area contributed by atoms with Crippen LogP contribution in [0, 0.1) is 12.3 Å². The van der Waals surface area contributed by atoms with Crippen molar-refractivity contribution in [3.05, 3.63) is 34.3 Å². The molecule has 1 aromatic rings. The largest absolute Gasteiger partial charge is 0.349 e. The number of hydrogen-bond donors (Lipinski definition) is 1. The third kappa shape index (κ3) is 4.70. The van der Waals surface area contributed by atoms with Crippen molar-refractivity contribution in [1.29, 1.82) is 0 Å². The minimum atomic E-state index is -0.0789. The molecule has 1 atom stereocenters. The molecule has 0 heterocycles. The lowest BCUT2D eigenvalue weighted by Crippen LogP contribution is -2.44. The number of carbonyl (C=O) groups is 1. The summed E-state index contributed by atoms with van der Waals surface area (Å²) in [5, 5.41) is 3.73. The molecule has 19 heavy (non-hydrogen) atoms. The summed E-state index contributed by atoms with van der Waals surface area (Å²) in [6.45, 7) is 8.17. The molecule has 0 aliphatic rings. The smallest absolute Gasteiger partial charge is 0.251 e. The van der Waals surface area contributed by atoms with Gasteiger partial charge in [-0.25, -0.2) is 0 Å². The Morgan fingerprint density at radius 2 is 2.00 bits per heavy atom. The molecule has 106 valence electrons. The molecule has 1 amide bonds. The first-order valence-electron chi connectivity index (χ1n) is 6.38. The highest BCUT2D eigenvalue weighted by atomic mass is 35.5. The fourth-order valence-corrected chi connectivity index (χ4v) is 2.19. The average molecular weight is 302 g/mol. The maximum atomic E-state index is 12.2. The Kier molecular flexibility index (Phi) is 5.69. The number of halogens is 2. The third-order valence-electron chi connectivity index (χ3n) is 3.17. The number of rotatable bonds is 4. The third-order valence-corrected chi connectivity index (χ3v) is 3.81. The highest BCUT2D eigenvalue weighted by Gasteiger charge is 2.26. The Labute approximate surface area is 125 Å². The topological polar surface area (TPSA) is 29.1 Å². The van der Waals surface area contributed by atoms with Gasteiger partial charge in [-0.3, -0.25) is 4.79 Å². The second-order valence-corrected chi connectivity index (χ2v) is 6.62. The van der Waals surface area contributed by atoms with E-state index in [1.807, 2.05) is 6.92 Å². The molecule has 1 unspecified atom stereocenters. The first-order valence-corrected chi connectivity index (χ1v) is 7.30. The number of amides is 1. The molecule has 0 saturated heterocycles. The Balaban J connectivity index is 2.84. The van der Waals surface area contributed by atoms with Crippen LogP contribution in [0.2, 0.25) is 5.02 Å². The summed E-state index contributed by atoms with van der Waals surface area (Å²) >= 11 is 11.8. The average Bonchev–Trinajstić information content (AvgIpc) is 2.30. The number of carbonyl (C=O) groups excluding carboxylic acids is 1. The molecule has 0 radical (unpaired) electrons. The Bertz CT molecular complexity index is 452. The van der Waals surface area contributed by atoms with E-state index in [0.717, 1.165) is 12.0 Å². The highest BCUT2D eigenvalue weighted by Crippen LogP contribution is 2.23. The van der Waals surface area contributed by atoms with Crippen LogP contribution in [-0.2, 0) is 0 Å². The van der Waals surface area contributed by atoms with Crippen LogP contribution in [0.4, 0.5) is 0 Å². The normalized spacial score (nSPS) is 13.2. The molecule has 0 aliphatic heterocycles. The van der Waals surface area contributed by atoms with Crippen molar-refractivity contribution in [2.24, 2.45) is 5.41 Å². The van der Waals surface area contributed by atoms with Gasteiger partial charge < -0.3 is 5.32 Å². The number of aryl methyl sites for hydroxylation is 1. The number of hydrogen-bond acceptors (Lipinski definition) is 1. The van der Waals surface area contributed by atoms with E-state index in [9.17, 15) is 4.79 Å². The van der Waals surface area contributed by atoms with E-state index < -0.39 is 0 Å². The van der Waals surface area contributed by atoms with Crippen molar-refractivity contribution in [3.63, 3.8) is 0 Å². The molecule has 0 fully saturated rings. The van der Waals surface area contributed by atoms with E-state index in [1.54, 1.807) is 18.2 Å². The van der Waals surface area contributed by atoms with E-state index in [1.165, 1.54) is 0 Å². The van der Waals surface area contributed by atoms with Crippen LogP contribution >= 0.6 is 23.2 Å². The van der Waals surface area contributed by atoms with Gasteiger partial charge in [-0.15, -0.1) is 11.6 Å². The second kappa shape index (κ2) is 6.62. The fourth-order valence-electron chi connectivity index (χ4n) is 1.86. The summed E-state index contributed by atoms with van der Waals surface area (Å²) in [7, 11) is 0. The van der Waals surface area contributed by atoms with Gasteiger partial charge >= 0.3 is 0 Å². The molecule has 2 nitrogen and oxygen atoms in total. The van der Waals surface area contributed by atoms with Crippen molar-refractivity contribution in [2.45, 2.75) is 40.2 Å². The maximum Gasteiger partial charge on any atom is 0.251 e. The van der Waals surface area contributed by atoms with Crippen LogP contribution in [0.25, 0.3) is 0 Å². The van der Waals surface area contributed by atoms with E-state index in [4.69, 9.17) is 23.2 Å². The van der Waals surface area contributed by atoms with E-state index >= 15 is 0 Å². The van der Waals surface area contributed by atoms with Gasteiger partial charge in [0.1, 0.15) is 0 Å². The summed E-state index contributed by atoms with van der Waals surface area (Å²) in [6.07, 6.45) is 0.753. The lowest BCUT2D eigenvalue weighted by Gasteiger charge is -2.31. The van der Waals surface area contributed by atoms with Crippen LogP contribution in [0.3, 0.4) is 0 Å². The Morgan fingerprint density at radius 3 is 2.47 bits per heavy atom. The zero-order valence-corrected chi connectivity index (χ0v) is 13.4. The standard InChI is InChI=1S/C15H21Cl2NO/c1-10-9-11(5-6-12(10)17)14(19)18-13(7-8-16)15(2,3)4/h5-6,9,13H,7-8H2,1-4H3,(H,18,19). The van der Waals surface area contributed by atoms with Gasteiger partial charge in [-0.05, 0) is 42.5 Å². The van der Waals surface area contributed by atoms with Gasteiger partial charge in [-0.1, -0.05) is 32.4 Å². The van der Waals surface area contributed by atoms with E-state index in [-0.39, 0.29) is 17.4 Å². The molecule has 0 spiro atoms. The number of alkyl halides is 1. The summed E-state index contributed by atoms with van der Waals surface area (Å²) in [4.78, 5) is 12.2. The Hall–Kier alpha value is -0.730. The summed E-state index contributed by atoms with van der Waals surface area (Å²) in [6, 6.07) is 5.34. The van der Waals surface area contributed by atoms with Gasteiger partial charge in [0.2, 0.25) is 0 Å². The predicted octanol–water partition coefficient (Wildman–Crippen LogP) is 4.42. The molecule has 1 aromatic carbocycles. The molecule has 0 bridgehead atoms. The zero-order valence-electron chi connectivity index (χ0n) is 11.9. The SMILES string of the molecule is Cc1cc(C(=O)NC(CCCl)C(C)(C)C)ccc1Cl. The minimum Gasteiger partial charge on any atom is -0.349 e. The van der Waals surface area contributed by atoms with E-state index in [2.05, 4.69) is 26.1 Å². The molecule has 4 heteroatoms. The summed E-state index contributed by atoms with van der Waals surface area (Å²) < 4.78 is 0. The molecule has 1 N–H and O–H groups in total. The molecule has 0 saturated carbocycles. The summed E-state index contributed by atoms with van der Waals surface area (Å²) in [5.74, 6) is 0.451. The van der Waals surface area contributed by atoms with Gasteiger partial charge in [0.25, 0.3) is 5.91 Å². The summed E-state index contributed by atoms with van der Waals surface area (Å²) in [5.41, 5.74) is 1.51. The molecule has 1 rings (SSSR count). The minimum absolute atomic E-state index is 0.0218. The van der Waals surface area contributed by atoms with Crippen LogP contribution in [0.1, 0.15) is 43.1 Å². The zero-order chi connectivity index (χ0) is 14.6. The number of nitrogens with one attached hydrogen (secondary N) is 1. The van der Waals surface area contributed by atoms with Gasteiger partial charge in [0.05, 0.1) is 0 Å². The van der Waals surface area contributed by atoms with Gasteiger partial charge in [0, 0.05) is 22.5 Å². The van der Waals surface area contributed by atoms with Crippen molar-refractivity contribution in [1.82, 2.24) is 5.32 Å². The molecule has 0 aliphatic carbocycles. The lowest BCUT2D eigenvalue weighted by atomic mass is 9.85. The van der Waals surface area contributed by atoms with Crippen LogP contribution in [-0.4, -0.2) is 17.8 Å². The molecule has 0 aromatic heterocycles. The van der Waals surface area contributed by atoms with E-state index in [0.29, 0.717) is 16.5 Å². The van der Waals surface area contributed by atoms with Gasteiger partial charge in [0.15, 0.2) is 0 Å². The van der Waals surface area contributed by atoms with Crippen molar-refractivity contribution in [2.75, 3.05) is 5.88 Å². The first kappa shape index (κ1) is 16.3. The maximum absolute atomic E-state index is 12.2. The molecular formula is C15H21Cl2NO. The Morgan fingerprint density at radius 1 is 1.37 bits per heavy atom. The number of benzene rings is 1. The van der Waals surface area contributed by atoms with Crippen LogP contribution in [0.15, 0.2) is 18.2 Å². The van der Waals surface area contributed by atoms with Crippen LogP contribution in [0.5, 0.6) is 0 Å². The monoisotopic (exact) mass is 301 g/mol. The lowest BCUT2D eigenvalue weighted by molar-refractivity contribution is 0.0900. The quantitative estimate of drug-likeness (QED) is 0.819. The second-order valence-electron chi connectivity index (χ2n) is 5.83. The predicted molar refractivity (Wildman–Crippen MR) is 82.2 cm³/mol. The van der Waals surface area contributed by atoms with Crippen molar-refractivity contribution >= 4 is 29.1 Å². The van der Waals surface area contributed by atoms with Crippen LogP contribution < -0.4 is 5.32 Å². The fraction of sp³-hybridized carbons (Fsp3) is 0.533. The van der Waals surface area contributed by atoms with Crippen molar-refractivity contribution < 1.29 is 4.79 Å². The van der Waals surface area contributed by atoms with Crippen molar-refractivity contribution in [3.8, 4) is 0 Å².